The molecular weight excluding hydrogens is 182 g/mol. The Balaban J connectivity index is 1.57. The summed E-state index contributed by atoms with van der Waals surface area (Å²) in [4.78, 5) is 0. The van der Waals surface area contributed by atoms with Crippen molar-refractivity contribution >= 4 is 0 Å². The largest absolute Gasteiger partial charge is 0.314 e. The molecule has 0 aliphatic heterocycles. The van der Waals surface area contributed by atoms with Crippen molar-refractivity contribution in [2.45, 2.75) is 70.8 Å². The minimum absolute atomic E-state index is 0.858. The Bertz CT molecular complexity index is 168. The molecule has 0 bridgehead atoms. The predicted octanol–water partition coefficient (Wildman–Crippen LogP) is 3.74. The maximum atomic E-state index is 3.67. The fourth-order valence-corrected chi connectivity index (χ4v) is 3.19. The summed E-state index contributed by atoms with van der Waals surface area (Å²) in [5, 5.41) is 3.67. The fraction of sp³-hybridized carbons (Fsp3) is 1.00. The van der Waals surface area contributed by atoms with Gasteiger partial charge in [0.2, 0.25) is 0 Å². The third-order valence-corrected chi connectivity index (χ3v) is 4.26. The zero-order valence-electron chi connectivity index (χ0n) is 10.3. The van der Waals surface area contributed by atoms with Crippen LogP contribution in [0.2, 0.25) is 0 Å². The standard InChI is InChI=1S/C14H27N/c1-2-15-14(13-10-11-13)9-5-8-12-6-3-4-7-12/h12-15H,2-11H2,1H3. The van der Waals surface area contributed by atoms with E-state index < -0.39 is 0 Å². The van der Waals surface area contributed by atoms with Crippen LogP contribution in [0, 0.1) is 11.8 Å². The first kappa shape index (κ1) is 11.4. The van der Waals surface area contributed by atoms with Crippen LogP contribution in [0.1, 0.15) is 64.7 Å². The van der Waals surface area contributed by atoms with Crippen LogP contribution in [0.3, 0.4) is 0 Å². The Kier molecular flexibility index (Phi) is 4.49. The third kappa shape index (κ3) is 3.79. The highest BCUT2D eigenvalue weighted by Gasteiger charge is 2.30. The van der Waals surface area contributed by atoms with E-state index >= 15 is 0 Å². The first-order valence-corrected chi connectivity index (χ1v) is 7.13. The van der Waals surface area contributed by atoms with E-state index in [1.807, 2.05) is 0 Å². The topological polar surface area (TPSA) is 12.0 Å². The van der Waals surface area contributed by atoms with Crippen LogP contribution >= 0.6 is 0 Å². The predicted molar refractivity (Wildman–Crippen MR) is 66.0 cm³/mol. The highest BCUT2D eigenvalue weighted by atomic mass is 14.9. The number of nitrogens with one attached hydrogen (secondary N) is 1. The Hall–Kier alpha value is -0.0400. The minimum atomic E-state index is 0.858. The molecule has 2 aliphatic carbocycles. The monoisotopic (exact) mass is 209 g/mol. The second-order valence-corrected chi connectivity index (χ2v) is 5.58. The molecule has 1 nitrogen and oxygen atoms in total. The molecule has 0 saturated heterocycles. The third-order valence-electron chi connectivity index (χ3n) is 4.26. The van der Waals surface area contributed by atoms with Crippen LogP contribution in [0.25, 0.3) is 0 Å². The number of hydrogen-bond donors (Lipinski definition) is 1. The zero-order chi connectivity index (χ0) is 10.5. The molecule has 0 radical (unpaired) electrons. The lowest BCUT2D eigenvalue weighted by molar-refractivity contribution is 0.396. The molecule has 1 atom stereocenters. The molecule has 1 unspecified atom stereocenters. The molecule has 0 heterocycles. The molecule has 2 saturated carbocycles. The first-order chi connectivity index (χ1) is 7.40. The molecule has 15 heavy (non-hydrogen) atoms. The highest BCUT2D eigenvalue weighted by Crippen LogP contribution is 2.35. The van der Waals surface area contributed by atoms with Gasteiger partial charge in [0.1, 0.15) is 0 Å². The van der Waals surface area contributed by atoms with Gasteiger partial charge in [-0.1, -0.05) is 45.4 Å². The van der Waals surface area contributed by atoms with E-state index in [4.69, 9.17) is 0 Å². The van der Waals surface area contributed by atoms with Crippen LogP contribution < -0.4 is 5.32 Å². The summed E-state index contributed by atoms with van der Waals surface area (Å²) in [6.07, 6.45) is 13.4. The Labute approximate surface area is 95.0 Å². The molecule has 0 spiro atoms. The average Bonchev–Trinajstić information content (AvgIpc) is 2.96. The van der Waals surface area contributed by atoms with Crippen molar-refractivity contribution in [2.24, 2.45) is 11.8 Å². The van der Waals surface area contributed by atoms with Crippen LogP contribution in [-0.2, 0) is 0 Å². The van der Waals surface area contributed by atoms with E-state index in [1.54, 1.807) is 0 Å². The molecule has 2 fully saturated rings. The quantitative estimate of drug-likeness (QED) is 0.673. The lowest BCUT2D eigenvalue weighted by Gasteiger charge is -2.18. The van der Waals surface area contributed by atoms with Gasteiger partial charge in [0.25, 0.3) is 0 Å². The summed E-state index contributed by atoms with van der Waals surface area (Å²) in [5.41, 5.74) is 0. The van der Waals surface area contributed by atoms with Crippen LogP contribution in [-0.4, -0.2) is 12.6 Å². The van der Waals surface area contributed by atoms with Gasteiger partial charge in [0.05, 0.1) is 0 Å². The molecule has 0 aromatic heterocycles. The van der Waals surface area contributed by atoms with Crippen LogP contribution in [0.4, 0.5) is 0 Å². The van der Waals surface area contributed by atoms with Crippen molar-refractivity contribution in [2.75, 3.05) is 6.54 Å². The van der Waals surface area contributed by atoms with Gasteiger partial charge in [-0.05, 0) is 37.6 Å². The minimum Gasteiger partial charge on any atom is -0.314 e. The average molecular weight is 209 g/mol. The van der Waals surface area contributed by atoms with Crippen molar-refractivity contribution in [1.29, 1.82) is 0 Å². The van der Waals surface area contributed by atoms with Crippen molar-refractivity contribution in [1.82, 2.24) is 5.32 Å². The van der Waals surface area contributed by atoms with E-state index in [0.29, 0.717) is 0 Å². The van der Waals surface area contributed by atoms with Crippen molar-refractivity contribution < 1.29 is 0 Å². The van der Waals surface area contributed by atoms with E-state index in [9.17, 15) is 0 Å². The summed E-state index contributed by atoms with van der Waals surface area (Å²) in [6, 6.07) is 0.858. The van der Waals surface area contributed by atoms with Gasteiger partial charge in [-0.3, -0.25) is 0 Å². The SMILES string of the molecule is CCNC(CCCC1CCCC1)C1CC1. The molecule has 2 rings (SSSR count). The first-order valence-electron chi connectivity index (χ1n) is 7.13. The number of rotatable bonds is 7. The molecule has 0 amide bonds. The summed E-state index contributed by atoms with van der Waals surface area (Å²) in [6.45, 7) is 3.40. The lowest BCUT2D eigenvalue weighted by Crippen LogP contribution is -2.30. The number of hydrogen-bond acceptors (Lipinski definition) is 1. The maximum Gasteiger partial charge on any atom is 0.00952 e. The molecule has 2 aliphatic rings. The summed E-state index contributed by atoms with van der Waals surface area (Å²) < 4.78 is 0. The highest BCUT2D eigenvalue weighted by molar-refractivity contribution is 4.86. The van der Waals surface area contributed by atoms with Gasteiger partial charge in [-0.25, -0.2) is 0 Å². The zero-order valence-corrected chi connectivity index (χ0v) is 10.3. The van der Waals surface area contributed by atoms with Gasteiger partial charge in [0.15, 0.2) is 0 Å². The molecule has 1 heteroatoms. The molecule has 0 aromatic carbocycles. The second-order valence-electron chi connectivity index (χ2n) is 5.58. The summed E-state index contributed by atoms with van der Waals surface area (Å²) >= 11 is 0. The van der Waals surface area contributed by atoms with Gasteiger partial charge in [0, 0.05) is 6.04 Å². The maximum absolute atomic E-state index is 3.67. The van der Waals surface area contributed by atoms with E-state index in [-0.39, 0.29) is 0 Å². The molecule has 88 valence electrons. The fourth-order valence-electron chi connectivity index (χ4n) is 3.19. The Morgan fingerprint density at radius 3 is 2.47 bits per heavy atom. The van der Waals surface area contributed by atoms with Crippen molar-refractivity contribution in [3.63, 3.8) is 0 Å². The summed E-state index contributed by atoms with van der Waals surface area (Å²) in [7, 11) is 0. The van der Waals surface area contributed by atoms with Crippen LogP contribution in [0.5, 0.6) is 0 Å². The molecule has 0 aromatic rings. The molecule has 1 N–H and O–H groups in total. The smallest absolute Gasteiger partial charge is 0.00952 e. The normalized spacial score (nSPS) is 24.6. The van der Waals surface area contributed by atoms with Crippen molar-refractivity contribution in [3.8, 4) is 0 Å². The van der Waals surface area contributed by atoms with Gasteiger partial charge >= 0.3 is 0 Å². The Morgan fingerprint density at radius 1 is 1.13 bits per heavy atom. The van der Waals surface area contributed by atoms with E-state index in [2.05, 4.69) is 12.2 Å². The van der Waals surface area contributed by atoms with Gasteiger partial charge < -0.3 is 5.32 Å². The summed E-state index contributed by atoms with van der Waals surface area (Å²) in [5.74, 6) is 2.13. The second kappa shape index (κ2) is 5.89. The van der Waals surface area contributed by atoms with Gasteiger partial charge in [-0.2, -0.15) is 0 Å². The van der Waals surface area contributed by atoms with Crippen LogP contribution in [0.15, 0.2) is 0 Å². The van der Waals surface area contributed by atoms with E-state index in [0.717, 1.165) is 24.4 Å². The van der Waals surface area contributed by atoms with Gasteiger partial charge in [-0.15, -0.1) is 0 Å². The Morgan fingerprint density at radius 2 is 1.87 bits per heavy atom. The van der Waals surface area contributed by atoms with E-state index in [1.165, 1.54) is 57.8 Å². The lowest BCUT2D eigenvalue weighted by atomic mass is 9.97. The molecular formula is C14H27N. The van der Waals surface area contributed by atoms with Crippen molar-refractivity contribution in [3.05, 3.63) is 0 Å².